The van der Waals surface area contributed by atoms with Gasteiger partial charge in [-0.25, -0.2) is 9.37 Å². The second-order valence-electron chi connectivity index (χ2n) is 4.76. The number of aromatic nitrogens is 1. The van der Waals surface area contributed by atoms with Crippen molar-refractivity contribution in [2.75, 3.05) is 0 Å². The minimum Gasteiger partial charge on any atom is -0.326 e. The van der Waals surface area contributed by atoms with E-state index in [1.165, 1.54) is 6.07 Å². The minimum atomic E-state index is -0.216. The highest BCUT2D eigenvalue weighted by Crippen LogP contribution is 2.29. The average molecular weight is 298 g/mol. The van der Waals surface area contributed by atoms with Gasteiger partial charge in [0.15, 0.2) is 0 Å². The lowest BCUT2D eigenvalue weighted by atomic mass is 10.1. The second-order valence-corrected chi connectivity index (χ2v) is 5.92. The Bertz CT molecular complexity index is 738. The van der Waals surface area contributed by atoms with Gasteiger partial charge in [-0.2, -0.15) is 0 Å². The Balaban J connectivity index is 1.93. The maximum Gasteiger partial charge on any atom is 0.123 e. The molecule has 3 rings (SSSR count). The fraction of sp³-hybridized carbons (Fsp3) is 0.118. The Labute approximate surface area is 127 Å². The molecule has 0 atom stereocenters. The predicted octanol–water partition coefficient (Wildman–Crippen LogP) is 4.00. The highest BCUT2D eigenvalue weighted by atomic mass is 32.1. The van der Waals surface area contributed by atoms with Gasteiger partial charge in [-0.15, -0.1) is 11.3 Å². The summed E-state index contributed by atoms with van der Waals surface area (Å²) in [5.74, 6) is -0.216. The molecule has 0 radical (unpaired) electrons. The van der Waals surface area contributed by atoms with Crippen LogP contribution in [0.25, 0.3) is 11.3 Å². The lowest BCUT2D eigenvalue weighted by Gasteiger charge is -1.99. The van der Waals surface area contributed by atoms with E-state index in [-0.39, 0.29) is 5.82 Å². The van der Waals surface area contributed by atoms with Crippen molar-refractivity contribution in [1.29, 1.82) is 0 Å². The zero-order valence-electron chi connectivity index (χ0n) is 11.4. The molecule has 106 valence electrons. The quantitative estimate of drug-likeness (QED) is 0.790. The number of rotatable bonds is 4. The molecule has 1 aromatic heterocycles. The van der Waals surface area contributed by atoms with Crippen LogP contribution in [0.5, 0.6) is 0 Å². The molecule has 0 bridgehead atoms. The molecule has 0 unspecified atom stereocenters. The Morgan fingerprint density at radius 3 is 2.57 bits per heavy atom. The molecular formula is C17H15FN2S. The number of hydrogen-bond acceptors (Lipinski definition) is 3. The largest absolute Gasteiger partial charge is 0.326 e. The third-order valence-electron chi connectivity index (χ3n) is 3.22. The predicted molar refractivity (Wildman–Crippen MR) is 84.6 cm³/mol. The van der Waals surface area contributed by atoms with Gasteiger partial charge in [0.1, 0.15) is 5.82 Å². The van der Waals surface area contributed by atoms with Gasteiger partial charge in [0.05, 0.1) is 10.7 Å². The summed E-state index contributed by atoms with van der Waals surface area (Å²) in [6.45, 7) is 0.463. The number of thiazole rings is 1. The number of hydrogen-bond donors (Lipinski definition) is 1. The van der Waals surface area contributed by atoms with Crippen molar-refractivity contribution >= 4 is 11.3 Å². The van der Waals surface area contributed by atoms with Crippen LogP contribution in [0.3, 0.4) is 0 Å². The molecule has 21 heavy (non-hydrogen) atoms. The molecule has 4 heteroatoms. The van der Waals surface area contributed by atoms with Gasteiger partial charge in [0.25, 0.3) is 0 Å². The third kappa shape index (κ3) is 3.17. The fourth-order valence-corrected chi connectivity index (χ4v) is 3.26. The normalized spacial score (nSPS) is 10.8. The molecule has 3 aromatic rings. The highest BCUT2D eigenvalue weighted by Gasteiger charge is 2.12. The zero-order valence-corrected chi connectivity index (χ0v) is 12.2. The van der Waals surface area contributed by atoms with Gasteiger partial charge >= 0.3 is 0 Å². The average Bonchev–Trinajstić information content (AvgIpc) is 2.91. The molecule has 2 aromatic carbocycles. The van der Waals surface area contributed by atoms with Gasteiger partial charge in [0.2, 0.25) is 0 Å². The first-order valence-electron chi connectivity index (χ1n) is 6.75. The van der Waals surface area contributed by atoms with Crippen molar-refractivity contribution < 1.29 is 4.39 Å². The molecule has 0 aliphatic rings. The molecule has 0 amide bonds. The minimum absolute atomic E-state index is 0.216. The maximum atomic E-state index is 13.2. The number of halogens is 1. The molecule has 0 saturated carbocycles. The van der Waals surface area contributed by atoms with Crippen LogP contribution in [-0.2, 0) is 13.0 Å². The van der Waals surface area contributed by atoms with E-state index < -0.39 is 0 Å². The lowest BCUT2D eigenvalue weighted by molar-refractivity contribution is 0.626. The SMILES string of the molecule is NCc1sc(Cc2cccc(F)c2)nc1-c1ccccc1. The number of nitrogens with zero attached hydrogens (tertiary/aromatic N) is 1. The second kappa shape index (κ2) is 6.16. The van der Waals surface area contributed by atoms with Crippen molar-refractivity contribution in [2.45, 2.75) is 13.0 Å². The van der Waals surface area contributed by atoms with E-state index in [0.29, 0.717) is 13.0 Å². The summed E-state index contributed by atoms with van der Waals surface area (Å²) >= 11 is 1.60. The summed E-state index contributed by atoms with van der Waals surface area (Å²) < 4.78 is 13.2. The third-order valence-corrected chi connectivity index (χ3v) is 4.30. The van der Waals surface area contributed by atoms with Crippen LogP contribution in [0.2, 0.25) is 0 Å². The Morgan fingerprint density at radius 1 is 1.05 bits per heavy atom. The van der Waals surface area contributed by atoms with Gasteiger partial charge in [-0.3, -0.25) is 0 Å². The Kier molecular flexibility index (Phi) is 4.08. The van der Waals surface area contributed by atoms with Crippen LogP contribution in [0.1, 0.15) is 15.4 Å². The van der Waals surface area contributed by atoms with Crippen molar-refractivity contribution in [3.05, 3.63) is 75.9 Å². The first-order chi connectivity index (χ1) is 10.3. The first kappa shape index (κ1) is 13.9. The van der Waals surface area contributed by atoms with Crippen LogP contribution in [0, 0.1) is 5.82 Å². The molecular weight excluding hydrogens is 283 g/mol. The molecule has 0 aliphatic heterocycles. The summed E-state index contributed by atoms with van der Waals surface area (Å²) in [7, 11) is 0. The van der Waals surface area contributed by atoms with E-state index in [1.807, 2.05) is 36.4 Å². The number of nitrogens with two attached hydrogens (primary N) is 1. The van der Waals surface area contributed by atoms with Crippen molar-refractivity contribution in [3.63, 3.8) is 0 Å². The molecule has 0 fully saturated rings. The van der Waals surface area contributed by atoms with Crippen molar-refractivity contribution in [1.82, 2.24) is 4.98 Å². The standard InChI is InChI=1S/C17H15FN2S/c18-14-8-4-5-12(9-14)10-16-20-17(15(11-19)21-16)13-6-2-1-3-7-13/h1-9H,10-11,19H2. The van der Waals surface area contributed by atoms with Crippen LogP contribution in [-0.4, -0.2) is 4.98 Å². The lowest BCUT2D eigenvalue weighted by Crippen LogP contribution is -1.95. The van der Waals surface area contributed by atoms with Crippen LogP contribution in [0.15, 0.2) is 54.6 Å². The molecule has 0 aliphatic carbocycles. The maximum absolute atomic E-state index is 13.2. The Morgan fingerprint density at radius 2 is 1.86 bits per heavy atom. The Hall–Kier alpha value is -2.04. The molecule has 2 N–H and O–H groups in total. The highest BCUT2D eigenvalue weighted by molar-refractivity contribution is 7.12. The molecule has 0 saturated heterocycles. The van der Waals surface area contributed by atoms with Crippen LogP contribution in [0.4, 0.5) is 4.39 Å². The van der Waals surface area contributed by atoms with Gasteiger partial charge in [-0.05, 0) is 17.7 Å². The first-order valence-corrected chi connectivity index (χ1v) is 7.56. The molecule has 1 heterocycles. The fourth-order valence-electron chi connectivity index (χ4n) is 2.26. The van der Waals surface area contributed by atoms with E-state index in [9.17, 15) is 4.39 Å². The molecule has 2 nitrogen and oxygen atoms in total. The monoisotopic (exact) mass is 298 g/mol. The summed E-state index contributed by atoms with van der Waals surface area (Å²) in [4.78, 5) is 5.75. The smallest absolute Gasteiger partial charge is 0.123 e. The van der Waals surface area contributed by atoms with E-state index in [1.54, 1.807) is 23.5 Å². The van der Waals surface area contributed by atoms with E-state index >= 15 is 0 Å². The summed E-state index contributed by atoms with van der Waals surface area (Å²) in [6.07, 6.45) is 0.627. The van der Waals surface area contributed by atoms with E-state index in [0.717, 1.165) is 26.7 Å². The van der Waals surface area contributed by atoms with Gasteiger partial charge in [-0.1, -0.05) is 42.5 Å². The van der Waals surface area contributed by atoms with E-state index in [4.69, 9.17) is 10.7 Å². The van der Waals surface area contributed by atoms with Crippen LogP contribution >= 0.6 is 11.3 Å². The van der Waals surface area contributed by atoms with Gasteiger partial charge < -0.3 is 5.73 Å². The van der Waals surface area contributed by atoms with Crippen molar-refractivity contribution in [2.24, 2.45) is 5.73 Å². The summed E-state index contributed by atoms with van der Waals surface area (Å²) in [6, 6.07) is 16.6. The summed E-state index contributed by atoms with van der Waals surface area (Å²) in [5.41, 5.74) is 8.76. The van der Waals surface area contributed by atoms with E-state index in [2.05, 4.69) is 0 Å². The summed E-state index contributed by atoms with van der Waals surface area (Å²) in [5, 5.41) is 0.958. The zero-order chi connectivity index (χ0) is 14.7. The molecule has 0 spiro atoms. The van der Waals surface area contributed by atoms with Gasteiger partial charge in [0, 0.05) is 23.4 Å². The van der Waals surface area contributed by atoms with Crippen LogP contribution < -0.4 is 5.73 Å². The number of benzene rings is 2. The van der Waals surface area contributed by atoms with Crippen molar-refractivity contribution in [3.8, 4) is 11.3 Å². The topological polar surface area (TPSA) is 38.9 Å².